The Hall–Kier alpha value is -1.67. The average molecular weight is 374 g/mol. The highest BCUT2D eigenvalue weighted by Gasteiger charge is 2.20. The minimum Gasteiger partial charge on any atom is -0.387 e. The lowest BCUT2D eigenvalue weighted by Crippen LogP contribution is -2.16. The molecule has 1 aromatic heterocycles. The molecule has 0 aliphatic heterocycles. The van der Waals surface area contributed by atoms with Gasteiger partial charge in [0.25, 0.3) is 10.0 Å². The molecular formula is C13H13BrFN3O2S. The van der Waals surface area contributed by atoms with E-state index in [4.69, 9.17) is 0 Å². The third-order valence-electron chi connectivity index (χ3n) is 2.85. The number of hydrogen-bond donors (Lipinski definition) is 2. The highest BCUT2D eigenvalue weighted by Crippen LogP contribution is 2.27. The van der Waals surface area contributed by atoms with Gasteiger partial charge in [-0.3, -0.25) is 9.71 Å². The van der Waals surface area contributed by atoms with Gasteiger partial charge in [0, 0.05) is 19.4 Å². The van der Waals surface area contributed by atoms with Crippen LogP contribution in [0.3, 0.4) is 0 Å². The van der Waals surface area contributed by atoms with Crippen LogP contribution in [0.5, 0.6) is 0 Å². The molecule has 0 unspecified atom stereocenters. The fourth-order valence-electron chi connectivity index (χ4n) is 1.76. The highest BCUT2D eigenvalue weighted by atomic mass is 79.9. The minimum atomic E-state index is -3.87. The molecule has 21 heavy (non-hydrogen) atoms. The summed E-state index contributed by atoms with van der Waals surface area (Å²) in [7, 11) is -2.26. The quantitative estimate of drug-likeness (QED) is 0.863. The molecule has 2 aromatic rings. The van der Waals surface area contributed by atoms with E-state index < -0.39 is 15.8 Å². The van der Waals surface area contributed by atoms with Crippen LogP contribution in [0.4, 0.5) is 15.8 Å². The normalized spacial score (nSPS) is 11.2. The van der Waals surface area contributed by atoms with Crippen molar-refractivity contribution in [2.45, 2.75) is 11.8 Å². The van der Waals surface area contributed by atoms with Gasteiger partial charge >= 0.3 is 0 Å². The first-order chi connectivity index (χ1) is 9.85. The molecular weight excluding hydrogens is 361 g/mol. The van der Waals surface area contributed by atoms with Crippen LogP contribution in [0.15, 0.2) is 40.0 Å². The van der Waals surface area contributed by atoms with Crippen molar-refractivity contribution in [2.75, 3.05) is 17.1 Å². The Balaban J connectivity index is 2.45. The number of benzene rings is 1. The van der Waals surface area contributed by atoms with Gasteiger partial charge in [-0.15, -0.1) is 0 Å². The lowest BCUT2D eigenvalue weighted by Gasteiger charge is -2.13. The summed E-state index contributed by atoms with van der Waals surface area (Å²) in [4.78, 5) is 3.81. The van der Waals surface area contributed by atoms with Crippen LogP contribution in [0.2, 0.25) is 0 Å². The van der Waals surface area contributed by atoms with Crippen molar-refractivity contribution in [3.63, 3.8) is 0 Å². The van der Waals surface area contributed by atoms with E-state index in [-0.39, 0.29) is 15.1 Å². The van der Waals surface area contributed by atoms with Crippen LogP contribution in [0.25, 0.3) is 0 Å². The third kappa shape index (κ3) is 3.33. The summed E-state index contributed by atoms with van der Waals surface area (Å²) < 4.78 is 41.0. The number of aromatic nitrogens is 1. The first-order valence-corrected chi connectivity index (χ1v) is 8.23. The molecule has 5 nitrogen and oxygen atoms in total. The highest BCUT2D eigenvalue weighted by molar-refractivity contribution is 9.10. The lowest BCUT2D eigenvalue weighted by atomic mass is 10.2. The van der Waals surface area contributed by atoms with Gasteiger partial charge in [0.2, 0.25) is 0 Å². The molecule has 0 fully saturated rings. The fourth-order valence-corrected chi connectivity index (χ4v) is 3.49. The summed E-state index contributed by atoms with van der Waals surface area (Å²) in [5, 5.41) is 2.78. The number of hydrogen-bond acceptors (Lipinski definition) is 4. The molecule has 0 atom stereocenters. The van der Waals surface area contributed by atoms with E-state index in [1.165, 1.54) is 18.5 Å². The summed E-state index contributed by atoms with van der Waals surface area (Å²) in [6, 6.07) is 4.19. The van der Waals surface area contributed by atoms with Gasteiger partial charge in [-0.05, 0) is 46.6 Å². The molecule has 0 amide bonds. The third-order valence-corrected chi connectivity index (χ3v) is 4.86. The number of halogens is 2. The summed E-state index contributed by atoms with van der Waals surface area (Å²) in [6.45, 7) is 1.68. The van der Waals surface area contributed by atoms with Gasteiger partial charge in [-0.1, -0.05) is 0 Å². The Bertz CT molecular complexity index is 781. The molecule has 2 rings (SSSR count). The summed E-state index contributed by atoms with van der Waals surface area (Å²) >= 11 is 3.06. The Morgan fingerprint density at radius 1 is 1.29 bits per heavy atom. The topological polar surface area (TPSA) is 71.1 Å². The molecule has 1 aromatic carbocycles. The zero-order valence-corrected chi connectivity index (χ0v) is 13.7. The number of pyridine rings is 1. The van der Waals surface area contributed by atoms with Crippen LogP contribution in [-0.4, -0.2) is 20.4 Å². The molecule has 0 aliphatic rings. The zero-order chi connectivity index (χ0) is 15.6. The fraction of sp³-hybridized carbons (Fsp3) is 0.154. The van der Waals surface area contributed by atoms with Crippen molar-refractivity contribution in [1.82, 2.24) is 4.98 Å². The van der Waals surface area contributed by atoms with E-state index in [1.807, 2.05) is 0 Å². The van der Waals surface area contributed by atoms with Gasteiger partial charge < -0.3 is 5.32 Å². The van der Waals surface area contributed by atoms with E-state index in [2.05, 4.69) is 31.0 Å². The number of nitrogens with one attached hydrogen (secondary N) is 2. The summed E-state index contributed by atoms with van der Waals surface area (Å²) in [6.07, 6.45) is 2.72. The Morgan fingerprint density at radius 3 is 2.67 bits per heavy atom. The predicted octanol–water partition coefficient (Wildman–Crippen LogP) is 3.13. The van der Waals surface area contributed by atoms with E-state index >= 15 is 0 Å². The van der Waals surface area contributed by atoms with Gasteiger partial charge in [0.15, 0.2) is 0 Å². The number of anilines is 2. The van der Waals surface area contributed by atoms with Crippen LogP contribution in [-0.2, 0) is 10.0 Å². The maximum atomic E-state index is 13.6. The molecule has 0 bridgehead atoms. The van der Waals surface area contributed by atoms with E-state index in [0.717, 1.165) is 6.07 Å². The maximum absolute atomic E-state index is 13.6. The molecule has 1 heterocycles. The van der Waals surface area contributed by atoms with Gasteiger partial charge in [0.1, 0.15) is 10.7 Å². The average Bonchev–Trinajstić information content (AvgIpc) is 2.44. The summed E-state index contributed by atoms with van der Waals surface area (Å²) in [5.74, 6) is -0.543. The first-order valence-electron chi connectivity index (χ1n) is 5.95. The lowest BCUT2D eigenvalue weighted by molar-refractivity contribution is 0.601. The number of aryl methyl sites for hydroxylation is 1. The van der Waals surface area contributed by atoms with E-state index in [1.54, 1.807) is 20.0 Å². The van der Waals surface area contributed by atoms with Crippen molar-refractivity contribution in [2.24, 2.45) is 0 Å². The number of nitrogens with zero attached hydrogens (tertiary/aromatic N) is 1. The van der Waals surface area contributed by atoms with Crippen molar-refractivity contribution in [3.05, 3.63) is 46.4 Å². The SMILES string of the molecule is CNc1ccncc1S(=O)(=O)Nc1cc(F)c(Br)cc1C. The Labute approximate surface area is 130 Å². The molecule has 0 saturated heterocycles. The number of rotatable bonds is 4. The smallest absolute Gasteiger partial charge is 0.265 e. The van der Waals surface area contributed by atoms with Crippen LogP contribution in [0, 0.1) is 12.7 Å². The minimum absolute atomic E-state index is 0.00442. The van der Waals surface area contributed by atoms with E-state index in [0.29, 0.717) is 11.3 Å². The summed E-state index contributed by atoms with van der Waals surface area (Å²) in [5.41, 5.74) is 1.19. The van der Waals surface area contributed by atoms with Gasteiger partial charge in [0.05, 0.1) is 15.8 Å². The Kier molecular flexibility index (Phi) is 4.48. The maximum Gasteiger partial charge on any atom is 0.265 e. The van der Waals surface area contributed by atoms with Gasteiger partial charge in [-0.2, -0.15) is 0 Å². The van der Waals surface area contributed by atoms with Crippen LogP contribution < -0.4 is 10.0 Å². The second-order valence-corrected chi connectivity index (χ2v) is 6.81. The first kappa shape index (κ1) is 15.7. The standard InChI is InChI=1S/C13H13BrFN3O2S/c1-8-5-9(14)10(15)6-12(8)18-21(19,20)13-7-17-4-3-11(13)16-2/h3-7,18H,1-2H3,(H,16,17). The van der Waals surface area contributed by atoms with Crippen molar-refractivity contribution < 1.29 is 12.8 Å². The van der Waals surface area contributed by atoms with Gasteiger partial charge in [-0.25, -0.2) is 12.8 Å². The molecule has 0 saturated carbocycles. The molecule has 2 N–H and O–H groups in total. The second-order valence-electron chi connectivity index (χ2n) is 4.31. The molecule has 0 spiro atoms. The Morgan fingerprint density at radius 2 is 2.00 bits per heavy atom. The largest absolute Gasteiger partial charge is 0.387 e. The molecule has 112 valence electrons. The van der Waals surface area contributed by atoms with Crippen molar-refractivity contribution in [1.29, 1.82) is 0 Å². The zero-order valence-electron chi connectivity index (χ0n) is 11.3. The van der Waals surface area contributed by atoms with Crippen LogP contribution >= 0.6 is 15.9 Å². The van der Waals surface area contributed by atoms with E-state index in [9.17, 15) is 12.8 Å². The second kappa shape index (κ2) is 5.98. The van der Waals surface area contributed by atoms with Crippen LogP contribution in [0.1, 0.15) is 5.56 Å². The van der Waals surface area contributed by atoms with Crippen molar-refractivity contribution >= 4 is 37.3 Å². The number of sulfonamides is 1. The molecule has 8 heteroatoms. The van der Waals surface area contributed by atoms with Crippen molar-refractivity contribution in [3.8, 4) is 0 Å². The molecule has 0 radical (unpaired) electrons. The monoisotopic (exact) mass is 373 g/mol. The molecule has 0 aliphatic carbocycles. The predicted molar refractivity (Wildman–Crippen MR) is 83.4 cm³/mol.